The fraction of sp³-hybridized carbons (Fsp3) is 0.700. The van der Waals surface area contributed by atoms with Crippen molar-refractivity contribution in [2.45, 2.75) is 32.6 Å². The molecule has 1 aliphatic rings. The van der Waals surface area contributed by atoms with Crippen molar-refractivity contribution in [1.82, 2.24) is 5.06 Å². The van der Waals surface area contributed by atoms with E-state index in [4.69, 9.17) is 4.84 Å². The van der Waals surface area contributed by atoms with Crippen molar-refractivity contribution in [1.29, 1.82) is 0 Å². The second-order valence-electron chi connectivity index (χ2n) is 3.33. The maximum Gasteiger partial charge on any atom is 0.352 e. The van der Waals surface area contributed by atoms with E-state index in [1.807, 2.05) is 6.92 Å². The molecule has 13 heavy (non-hydrogen) atoms. The van der Waals surface area contributed by atoms with Crippen LogP contribution in [0.5, 0.6) is 0 Å². The Bertz CT molecular complexity index is 195. The number of carbonyl (C=O) groups excluding carboxylic acids is 1. The van der Waals surface area contributed by atoms with Gasteiger partial charge in [-0.1, -0.05) is 19.9 Å². The van der Waals surface area contributed by atoms with E-state index in [1.54, 1.807) is 5.06 Å². The highest BCUT2D eigenvalue weighted by Gasteiger charge is 2.15. The molecule has 0 aromatic carbocycles. The molecule has 0 aliphatic carbocycles. The molecule has 1 heterocycles. The van der Waals surface area contributed by atoms with E-state index in [0.29, 0.717) is 12.0 Å². The Hall–Kier alpha value is -0.830. The van der Waals surface area contributed by atoms with Crippen molar-refractivity contribution in [3.8, 4) is 0 Å². The summed E-state index contributed by atoms with van der Waals surface area (Å²) in [4.78, 5) is 16.4. The van der Waals surface area contributed by atoms with Crippen LogP contribution in [0.4, 0.5) is 0 Å². The lowest BCUT2D eigenvalue weighted by Gasteiger charge is -2.24. The van der Waals surface area contributed by atoms with Gasteiger partial charge in [-0.25, -0.2) is 4.79 Å². The average molecular weight is 183 g/mol. The Labute approximate surface area is 79.3 Å². The van der Waals surface area contributed by atoms with E-state index in [0.717, 1.165) is 25.9 Å². The summed E-state index contributed by atoms with van der Waals surface area (Å²) in [6, 6.07) is 0. The van der Waals surface area contributed by atoms with Crippen LogP contribution in [0.15, 0.2) is 12.2 Å². The number of nitrogens with zero attached hydrogens (tertiary/aromatic N) is 1. The van der Waals surface area contributed by atoms with Crippen LogP contribution in [0.1, 0.15) is 32.6 Å². The molecule has 74 valence electrons. The lowest BCUT2D eigenvalue weighted by molar-refractivity contribution is -0.189. The van der Waals surface area contributed by atoms with E-state index in [2.05, 4.69) is 6.58 Å². The van der Waals surface area contributed by atoms with Gasteiger partial charge in [0, 0.05) is 18.7 Å². The fourth-order valence-electron chi connectivity index (χ4n) is 1.28. The molecule has 0 radical (unpaired) electrons. The van der Waals surface area contributed by atoms with Crippen molar-refractivity contribution in [2.75, 3.05) is 13.1 Å². The molecule has 0 spiro atoms. The molecule has 0 unspecified atom stereocenters. The summed E-state index contributed by atoms with van der Waals surface area (Å²) in [6.45, 7) is 7.27. The molecule has 1 rings (SSSR count). The normalized spacial score (nSPS) is 18.2. The van der Waals surface area contributed by atoms with Crippen LogP contribution in [-0.2, 0) is 9.63 Å². The van der Waals surface area contributed by atoms with Crippen LogP contribution in [0.2, 0.25) is 0 Å². The molecular weight excluding hydrogens is 166 g/mol. The van der Waals surface area contributed by atoms with Crippen LogP contribution in [0.3, 0.4) is 0 Å². The first-order chi connectivity index (χ1) is 6.24. The molecule has 1 saturated heterocycles. The first-order valence-corrected chi connectivity index (χ1v) is 4.89. The smallest absolute Gasteiger partial charge is 0.352 e. The van der Waals surface area contributed by atoms with Gasteiger partial charge in [-0.3, -0.25) is 0 Å². The first-order valence-electron chi connectivity index (χ1n) is 4.89. The maximum absolute atomic E-state index is 11.3. The SMILES string of the molecule is C=C(CC)C(=O)ON1CCCCC1. The average Bonchev–Trinajstić information content (AvgIpc) is 2.18. The van der Waals surface area contributed by atoms with Gasteiger partial charge >= 0.3 is 5.97 Å². The van der Waals surface area contributed by atoms with Gasteiger partial charge in [0.1, 0.15) is 0 Å². The molecule has 0 amide bonds. The predicted molar refractivity (Wildman–Crippen MR) is 50.9 cm³/mol. The molecule has 1 fully saturated rings. The second kappa shape index (κ2) is 5.02. The van der Waals surface area contributed by atoms with Gasteiger partial charge in [-0.15, -0.1) is 5.06 Å². The van der Waals surface area contributed by atoms with Crippen LogP contribution >= 0.6 is 0 Å². The van der Waals surface area contributed by atoms with Crippen LogP contribution in [0.25, 0.3) is 0 Å². The van der Waals surface area contributed by atoms with Gasteiger partial charge in [0.15, 0.2) is 0 Å². The third kappa shape index (κ3) is 3.19. The Kier molecular flexibility index (Phi) is 3.96. The van der Waals surface area contributed by atoms with E-state index in [-0.39, 0.29) is 5.97 Å². The molecule has 3 heteroatoms. The zero-order valence-electron chi connectivity index (χ0n) is 8.21. The minimum Gasteiger partial charge on any atom is -0.364 e. The summed E-state index contributed by atoms with van der Waals surface area (Å²) in [7, 11) is 0. The van der Waals surface area contributed by atoms with E-state index in [1.165, 1.54) is 6.42 Å². The summed E-state index contributed by atoms with van der Waals surface area (Å²) in [6.07, 6.45) is 4.13. The minimum atomic E-state index is -0.274. The monoisotopic (exact) mass is 183 g/mol. The van der Waals surface area contributed by atoms with Gasteiger partial charge in [0.25, 0.3) is 0 Å². The molecule has 1 aliphatic heterocycles. The van der Waals surface area contributed by atoms with Crippen molar-refractivity contribution in [2.24, 2.45) is 0 Å². The molecule has 0 bridgehead atoms. The summed E-state index contributed by atoms with van der Waals surface area (Å²) in [5, 5.41) is 1.74. The molecule has 0 N–H and O–H groups in total. The summed E-state index contributed by atoms with van der Waals surface area (Å²) in [5.41, 5.74) is 0.547. The van der Waals surface area contributed by atoms with E-state index >= 15 is 0 Å². The highest BCUT2D eigenvalue weighted by molar-refractivity contribution is 5.87. The fourth-order valence-corrected chi connectivity index (χ4v) is 1.28. The summed E-state index contributed by atoms with van der Waals surface area (Å²) in [5.74, 6) is -0.274. The third-order valence-electron chi connectivity index (χ3n) is 2.24. The lowest BCUT2D eigenvalue weighted by atomic mass is 10.2. The lowest BCUT2D eigenvalue weighted by Crippen LogP contribution is -2.32. The van der Waals surface area contributed by atoms with Crippen molar-refractivity contribution in [3.05, 3.63) is 12.2 Å². The number of hydrogen-bond donors (Lipinski definition) is 0. The molecule has 0 saturated carbocycles. The van der Waals surface area contributed by atoms with Crippen molar-refractivity contribution >= 4 is 5.97 Å². The van der Waals surface area contributed by atoms with Crippen molar-refractivity contribution < 1.29 is 9.63 Å². The summed E-state index contributed by atoms with van der Waals surface area (Å²) >= 11 is 0. The topological polar surface area (TPSA) is 29.5 Å². The van der Waals surface area contributed by atoms with Gasteiger partial charge in [-0.05, 0) is 19.3 Å². The number of hydrogen-bond acceptors (Lipinski definition) is 3. The minimum absolute atomic E-state index is 0.274. The van der Waals surface area contributed by atoms with Crippen LogP contribution < -0.4 is 0 Å². The second-order valence-corrected chi connectivity index (χ2v) is 3.33. The standard InChI is InChI=1S/C10H17NO2/c1-3-9(2)10(12)13-11-7-5-4-6-8-11/h2-8H2,1H3. The highest BCUT2D eigenvalue weighted by atomic mass is 16.7. The number of hydroxylamine groups is 2. The first kappa shape index (κ1) is 10.3. The third-order valence-corrected chi connectivity index (χ3v) is 2.24. The molecule has 0 atom stereocenters. The Morgan fingerprint density at radius 1 is 1.38 bits per heavy atom. The quantitative estimate of drug-likeness (QED) is 0.626. The van der Waals surface area contributed by atoms with Gasteiger partial charge in [0.2, 0.25) is 0 Å². The number of rotatable bonds is 3. The van der Waals surface area contributed by atoms with Crippen molar-refractivity contribution in [3.63, 3.8) is 0 Å². The van der Waals surface area contributed by atoms with E-state index in [9.17, 15) is 4.79 Å². The molecule has 0 aromatic rings. The zero-order valence-corrected chi connectivity index (χ0v) is 8.21. The Morgan fingerprint density at radius 2 is 2.00 bits per heavy atom. The van der Waals surface area contributed by atoms with Gasteiger partial charge in [0.05, 0.1) is 0 Å². The zero-order chi connectivity index (χ0) is 9.68. The van der Waals surface area contributed by atoms with Crippen LogP contribution in [0, 0.1) is 0 Å². The largest absolute Gasteiger partial charge is 0.364 e. The van der Waals surface area contributed by atoms with Crippen LogP contribution in [-0.4, -0.2) is 24.1 Å². The van der Waals surface area contributed by atoms with Gasteiger partial charge in [-0.2, -0.15) is 0 Å². The molecular formula is C10H17NO2. The Balaban J connectivity index is 2.30. The van der Waals surface area contributed by atoms with Gasteiger partial charge < -0.3 is 4.84 Å². The number of carbonyl (C=O) groups is 1. The predicted octanol–water partition coefficient (Wildman–Crippen LogP) is 1.90. The van der Waals surface area contributed by atoms with E-state index < -0.39 is 0 Å². The number of piperidine rings is 1. The maximum atomic E-state index is 11.3. The highest BCUT2D eigenvalue weighted by Crippen LogP contribution is 2.10. The molecule has 3 nitrogen and oxygen atoms in total. The molecule has 0 aromatic heterocycles. The summed E-state index contributed by atoms with van der Waals surface area (Å²) < 4.78 is 0. The Morgan fingerprint density at radius 3 is 2.54 bits per heavy atom.